The van der Waals surface area contributed by atoms with Crippen molar-refractivity contribution in [3.05, 3.63) is 34.3 Å². The van der Waals surface area contributed by atoms with Crippen molar-refractivity contribution >= 4 is 30.0 Å². The second kappa shape index (κ2) is 4.16. The molecule has 1 heterocycles. The van der Waals surface area contributed by atoms with Crippen molar-refractivity contribution in [2.24, 2.45) is 0 Å². The number of benzene rings is 1. The SMILES string of the molecule is COC(=O)C12CC1c1c(Cl)cccc1CN2.Cl. The first kappa shape index (κ1) is 12.7. The highest BCUT2D eigenvalue weighted by Crippen LogP contribution is 2.57. The summed E-state index contributed by atoms with van der Waals surface area (Å²) in [4.78, 5) is 11.7. The molecular weight excluding hydrogens is 261 g/mol. The zero-order chi connectivity index (χ0) is 11.3. The van der Waals surface area contributed by atoms with E-state index in [-0.39, 0.29) is 24.3 Å². The highest BCUT2D eigenvalue weighted by Gasteiger charge is 2.64. The highest BCUT2D eigenvalue weighted by atomic mass is 35.5. The maximum Gasteiger partial charge on any atom is 0.326 e. The van der Waals surface area contributed by atoms with Gasteiger partial charge >= 0.3 is 5.97 Å². The number of esters is 1. The molecular formula is C12H13Cl2NO2. The molecule has 0 aromatic heterocycles. The molecule has 2 aliphatic rings. The van der Waals surface area contributed by atoms with Gasteiger partial charge in [-0.1, -0.05) is 23.7 Å². The first-order chi connectivity index (χ1) is 7.69. The van der Waals surface area contributed by atoms with Crippen LogP contribution >= 0.6 is 24.0 Å². The van der Waals surface area contributed by atoms with Crippen LogP contribution in [-0.2, 0) is 16.1 Å². The van der Waals surface area contributed by atoms with Crippen LogP contribution in [0.15, 0.2) is 18.2 Å². The minimum atomic E-state index is -0.507. The molecule has 2 atom stereocenters. The highest BCUT2D eigenvalue weighted by molar-refractivity contribution is 6.31. The Morgan fingerprint density at radius 3 is 3.06 bits per heavy atom. The molecule has 1 aromatic carbocycles. The van der Waals surface area contributed by atoms with Gasteiger partial charge in [0.15, 0.2) is 0 Å². The minimum absolute atomic E-state index is 0. The number of ether oxygens (including phenoxy) is 1. The van der Waals surface area contributed by atoms with Gasteiger partial charge in [-0.15, -0.1) is 12.4 Å². The van der Waals surface area contributed by atoms with Crippen LogP contribution in [0, 0.1) is 0 Å². The molecule has 1 aliphatic heterocycles. The summed E-state index contributed by atoms with van der Waals surface area (Å²) in [6, 6.07) is 5.87. The predicted molar refractivity (Wildman–Crippen MR) is 67.6 cm³/mol. The number of nitrogens with one attached hydrogen (secondary N) is 1. The standard InChI is InChI=1S/C12H12ClNO2.ClH/c1-16-11(15)12-5-8(12)10-7(6-14-12)3-2-4-9(10)13;/h2-4,8,14H,5-6H2,1H3;1H. The molecule has 3 nitrogen and oxygen atoms in total. The quantitative estimate of drug-likeness (QED) is 0.798. The Kier molecular flexibility index (Phi) is 3.10. The summed E-state index contributed by atoms with van der Waals surface area (Å²) in [5.74, 6) is 0.000435. The maximum atomic E-state index is 11.7. The Labute approximate surface area is 111 Å². The molecule has 1 saturated carbocycles. The summed E-state index contributed by atoms with van der Waals surface area (Å²) < 4.78 is 4.84. The molecule has 1 fully saturated rings. The van der Waals surface area contributed by atoms with Gasteiger partial charge in [0, 0.05) is 17.5 Å². The fourth-order valence-electron chi connectivity index (χ4n) is 2.67. The number of carbonyl (C=O) groups excluding carboxylic acids is 1. The van der Waals surface area contributed by atoms with Crippen LogP contribution in [-0.4, -0.2) is 18.6 Å². The predicted octanol–water partition coefficient (Wildman–Crippen LogP) is 2.26. The molecule has 2 unspecified atom stereocenters. The summed E-state index contributed by atoms with van der Waals surface area (Å²) in [6.07, 6.45) is 0.788. The van der Waals surface area contributed by atoms with E-state index in [1.165, 1.54) is 12.7 Å². The van der Waals surface area contributed by atoms with Crippen LogP contribution in [0.25, 0.3) is 0 Å². The van der Waals surface area contributed by atoms with E-state index in [4.69, 9.17) is 16.3 Å². The molecule has 0 bridgehead atoms. The Balaban J connectivity index is 0.00000108. The number of halogens is 2. The van der Waals surface area contributed by atoms with Crippen molar-refractivity contribution in [2.75, 3.05) is 7.11 Å². The Morgan fingerprint density at radius 2 is 2.35 bits per heavy atom. The molecule has 1 N–H and O–H groups in total. The van der Waals surface area contributed by atoms with Gasteiger partial charge in [-0.2, -0.15) is 0 Å². The smallest absolute Gasteiger partial charge is 0.326 e. The van der Waals surface area contributed by atoms with E-state index < -0.39 is 5.54 Å². The van der Waals surface area contributed by atoms with E-state index in [1.807, 2.05) is 18.2 Å². The molecule has 0 amide bonds. The van der Waals surface area contributed by atoms with Crippen molar-refractivity contribution in [3.8, 4) is 0 Å². The van der Waals surface area contributed by atoms with Gasteiger partial charge in [0.2, 0.25) is 0 Å². The summed E-state index contributed by atoms with van der Waals surface area (Å²) in [6.45, 7) is 0.682. The second-order valence-corrected chi connectivity index (χ2v) is 4.79. The number of hydrogen-bond donors (Lipinski definition) is 1. The van der Waals surface area contributed by atoms with Crippen LogP contribution in [0.4, 0.5) is 0 Å². The van der Waals surface area contributed by atoms with Gasteiger partial charge in [-0.3, -0.25) is 10.1 Å². The summed E-state index contributed by atoms with van der Waals surface area (Å²) in [5, 5.41) is 4.03. The number of methoxy groups -OCH3 is 1. The lowest BCUT2D eigenvalue weighted by Crippen LogP contribution is -2.43. The Morgan fingerprint density at radius 1 is 1.59 bits per heavy atom. The first-order valence-corrected chi connectivity index (χ1v) is 5.67. The van der Waals surface area contributed by atoms with E-state index in [1.54, 1.807) is 0 Å². The van der Waals surface area contributed by atoms with Crippen molar-refractivity contribution in [3.63, 3.8) is 0 Å². The molecule has 0 radical (unpaired) electrons. The maximum absolute atomic E-state index is 11.7. The van der Waals surface area contributed by atoms with E-state index in [2.05, 4.69) is 5.32 Å². The lowest BCUT2D eigenvalue weighted by molar-refractivity contribution is -0.144. The number of carbonyl (C=O) groups is 1. The Hall–Kier alpha value is -0.770. The average Bonchev–Trinajstić information content (AvgIpc) is 3.04. The topological polar surface area (TPSA) is 38.3 Å². The number of hydrogen-bond acceptors (Lipinski definition) is 3. The van der Waals surface area contributed by atoms with Crippen LogP contribution in [0.3, 0.4) is 0 Å². The fraction of sp³-hybridized carbons (Fsp3) is 0.417. The largest absolute Gasteiger partial charge is 0.468 e. The number of rotatable bonds is 1. The van der Waals surface area contributed by atoms with Gasteiger partial charge in [0.25, 0.3) is 0 Å². The summed E-state index contributed by atoms with van der Waals surface area (Å²) >= 11 is 6.19. The molecule has 0 spiro atoms. The third kappa shape index (κ3) is 1.65. The molecule has 92 valence electrons. The van der Waals surface area contributed by atoms with Gasteiger partial charge < -0.3 is 4.74 Å². The minimum Gasteiger partial charge on any atom is -0.468 e. The van der Waals surface area contributed by atoms with Crippen molar-refractivity contribution < 1.29 is 9.53 Å². The fourth-order valence-corrected chi connectivity index (χ4v) is 2.99. The summed E-state index contributed by atoms with van der Waals surface area (Å²) in [5.41, 5.74) is 1.80. The zero-order valence-electron chi connectivity index (χ0n) is 9.33. The van der Waals surface area contributed by atoms with Gasteiger partial charge in [0.05, 0.1) is 7.11 Å². The third-order valence-corrected chi connectivity index (χ3v) is 3.93. The van der Waals surface area contributed by atoms with Gasteiger partial charge in [-0.25, -0.2) is 0 Å². The normalized spacial score (nSPS) is 28.5. The average molecular weight is 274 g/mol. The van der Waals surface area contributed by atoms with Gasteiger partial charge in [0.1, 0.15) is 5.54 Å². The van der Waals surface area contributed by atoms with E-state index in [0.29, 0.717) is 6.54 Å². The molecule has 0 saturated heterocycles. The van der Waals surface area contributed by atoms with E-state index in [0.717, 1.165) is 17.0 Å². The van der Waals surface area contributed by atoms with Crippen LogP contribution in [0.2, 0.25) is 5.02 Å². The lowest BCUT2D eigenvalue weighted by Gasteiger charge is -2.24. The third-order valence-electron chi connectivity index (χ3n) is 3.60. The molecule has 5 heteroatoms. The molecule has 1 aromatic rings. The van der Waals surface area contributed by atoms with Gasteiger partial charge in [-0.05, 0) is 23.6 Å². The number of fused-ring (bicyclic) bond motifs is 3. The zero-order valence-corrected chi connectivity index (χ0v) is 10.9. The van der Waals surface area contributed by atoms with Crippen LogP contribution < -0.4 is 5.32 Å². The van der Waals surface area contributed by atoms with E-state index in [9.17, 15) is 4.79 Å². The van der Waals surface area contributed by atoms with E-state index >= 15 is 0 Å². The Bertz CT molecular complexity index is 478. The van der Waals surface area contributed by atoms with Crippen molar-refractivity contribution in [2.45, 2.75) is 24.4 Å². The monoisotopic (exact) mass is 273 g/mol. The lowest BCUT2D eigenvalue weighted by atomic mass is 9.96. The van der Waals surface area contributed by atoms with Crippen molar-refractivity contribution in [1.29, 1.82) is 0 Å². The molecule has 1 aliphatic carbocycles. The van der Waals surface area contributed by atoms with Crippen LogP contribution in [0.5, 0.6) is 0 Å². The molecule has 3 rings (SSSR count). The second-order valence-electron chi connectivity index (χ2n) is 4.39. The summed E-state index contributed by atoms with van der Waals surface area (Å²) in [7, 11) is 1.43. The van der Waals surface area contributed by atoms with Crippen LogP contribution in [0.1, 0.15) is 23.5 Å². The van der Waals surface area contributed by atoms with Crippen molar-refractivity contribution in [1.82, 2.24) is 5.32 Å². The first-order valence-electron chi connectivity index (χ1n) is 5.30. The molecule has 17 heavy (non-hydrogen) atoms.